The Kier molecular flexibility index (Phi) is 8.36. The van der Waals surface area contributed by atoms with E-state index < -0.39 is 0 Å². The third-order valence-corrected chi connectivity index (χ3v) is 14.3. The van der Waals surface area contributed by atoms with Crippen molar-refractivity contribution in [3.8, 4) is 39.3 Å². The molecule has 61 heavy (non-hydrogen) atoms. The topological polar surface area (TPSA) is 21.2 Å². The van der Waals surface area contributed by atoms with Gasteiger partial charge in [0.05, 0.1) is 22.0 Å². The van der Waals surface area contributed by atoms with Gasteiger partial charge in [-0.3, -0.25) is 4.99 Å². The van der Waals surface area contributed by atoms with Gasteiger partial charge in [-0.05, 0) is 70.8 Å². The van der Waals surface area contributed by atoms with Crippen molar-refractivity contribution in [2.45, 2.75) is 31.2 Å². The lowest BCUT2D eigenvalue weighted by atomic mass is 9.78. The number of hydrogen-bond acceptors (Lipinski definition) is 2. The molecule has 8 aromatic carbocycles. The van der Waals surface area contributed by atoms with E-state index in [4.69, 9.17) is 11.6 Å². The van der Waals surface area contributed by atoms with Gasteiger partial charge in [-0.2, -0.15) is 9.13 Å². The van der Waals surface area contributed by atoms with Gasteiger partial charge in [0.15, 0.2) is 11.0 Å². The summed E-state index contributed by atoms with van der Waals surface area (Å²) in [6, 6.07) is 64.7. The molecule has 0 N–H and O–H groups in total. The Hall–Kier alpha value is -7.14. The summed E-state index contributed by atoms with van der Waals surface area (Å²) < 4.78 is 7.75. The summed E-state index contributed by atoms with van der Waals surface area (Å²) >= 11 is 1.91. The number of nitrogens with zero attached hydrogens (tertiary/aromatic N) is 3. The highest BCUT2D eigenvalue weighted by molar-refractivity contribution is 7.26. The zero-order chi connectivity index (χ0) is 40.6. The van der Waals surface area contributed by atoms with Crippen LogP contribution in [0.25, 0.3) is 87.0 Å². The Morgan fingerprint density at radius 3 is 2.08 bits per heavy atom. The number of benzene rings is 8. The number of aliphatic imine (C=N–C) groups is 1. The SMILES string of the molecule is C=CC1=NC2CC(=C)[n+]3c(n(-c4c(-c5ccccc5)cccc4-c4ccccc4)c4ccc5ccccc5c43)-c3c(ccc4c3sc3ccccc34)CCC2c2ccccc21. The second kappa shape index (κ2) is 14.3. The number of allylic oxidation sites excluding steroid dienone is 1. The van der Waals surface area contributed by atoms with Gasteiger partial charge in [0, 0.05) is 49.9 Å². The highest BCUT2D eigenvalue weighted by atomic mass is 32.1. The van der Waals surface area contributed by atoms with E-state index in [-0.39, 0.29) is 12.0 Å². The Balaban J connectivity index is 1.28. The molecule has 12 rings (SSSR count). The molecule has 2 aliphatic heterocycles. The minimum atomic E-state index is -0.00443. The number of fused-ring (bicyclic) bond motifs is 14. The lowest BCUT2D eigenvalue weighted by Crippen LogP contribution is -2.38. The Morgan fingerprint density at radius 2 is 1.31 bits per heavy atom. The first-order valence-electron chi connectivity index (χ1n) is 21.3. The van der Waals surface area contributed by atoms with Crippen LogP contribution >= 0.6 is 11.3 Å². The summed E-state index contributed by atoms with van der Waals surface area (Å²) in [7, 11) is 0. The van der Waals surface area contributed by atoms with E-state index >= 15 is 0 Å². The highest BCUT2D eigenvalue weighted by Gasteiger charge is 2.40. The number of aromatic nitrogens is 2. The Bertz CT molecular complexity index is 3380. The van der Waals surface area contributed by atoms with E-state index in [0.717, 1.165) is 46.8 Å². The molecular formula is C57H42N3S+. The molecule has 3 nitrogen and oxygen atoms in total. The molecule has 2 atom stereocenters. The molecule has 2 aromatic heterocycles. The molecule has 0 fully saturated rings. The summed E-state index contributed by atoms with van der Waals surface area (Å²) in [6.07, 6.45) is 4.49. The molecule has 0 radical (unpaired) electrons. The van der Waals surface area contributed by atoms with Crippen molar-refractivity contribution in [1.82, 2.24) is 4.57 Å². The fourth-order valence-corrected chi connectivity index (χ4v) is 11.7. The fourth-order valence-electron chi connectivity index (χ4n) is 10.4. The van der Waals surface area contributed by atoms with Gasteiger partial charge in [-0.15, -0.1) is 11.3 Å². The van der Waals surface area contributed by atoms with Crippen LogP contribution in [0.5, 0.6) is 0 Å². The molecule has 10 aromatic rings. The minimum absolute atomic E-state index is 0.00443. The quantitative estimate of drug-likeness (QED) is 0.158. The maximum Gasteiger partial charge on any atom is 0.301 e. The van der Waals surface area contributed by atoms with E-state index in [0.29, 0.717) is 6.42 Å². The molecule has 4 heteroatoms. The lowest BCUT2D eigenvalue weighted by molar-refractivity contribution is -0.541. The summed E-state index contributed by atoms with van der Waals surface area (Å²) in [5.41, 5.74) is 15.3. The lowest BCUT2D eigenvalue weighted by Gasteiger charge is -2.32. The molecule has 0 saturated carbocycles. The van der Waals surface area contributed by atoms with Crippen LogP contribution in [0.3, 0.4) is 0 Å². The second-order valence-corrected chi connectivity index (χ2v) is 17.5. The van der Waals surface area contributed by atoms with Crippen molar-refractivity contribution in [3.05, 3.63) is 212 Å². The number of imidazole rings is 1. The maximum atomic E-state index is 5.53. The average molecular weight is 801 g/mol. The number of para-hydroxylation sites is 1. The molecule has 4 heterocycles. The van der Waals surface area contributed by atoms with Gasteiger partial charge >= 0.3 is 5.82 Å². The largest absolute Gasteiger partial charge is 0.301 e. The Labute approximate surface area is 359 Å². The third-order valence-electron chi connectivity index (χ3n) is 13.1. The molecule has 0 spiro atoms. The van der Waals surface area contributed by atoms with Crippen LogP contribution in [0.15, 0.2) is 200 Å². The normalized spacial score (nSPS) is 16.2. The molecule has 2 unspecified atom stereocenters. The average Bonchev–Trinajstić information content (AvgIpc) is 3.87. The van der Waals surface area contributed by atoms with Crippen LogP contribution in [-0.4, -0.2) is 16.3 Å². The van der Waals surface area contributed by atoms with E-state index in [1.165, 1.54) is 75.5 Å². The van der Waals surface area contributed by atoms with Crippen LogP contribution in [0.2, 0.25) is 0 Å². The zero-order valence-corrected chi connectivity index (χ0v) is 34.6. The molecule has 290 valence electrons. The summed E-state index contributed by atoms with van der Waals surface area (Å²) in [5.74, 6) is 1.35. The van der Waals surface area contributed by atoms with Gasteiger partial charge in [-0.1, -0.05) is 165 Å². The van der Waals surface area contributed by atoms with Crippen molar-refractivity contribution >= 4 is 64.7 Å². The summed E-state index contributed by atoms with van der Waals surface area (Å²) in [6.45, 7) is 9.35. The predicted octanol–water partition coefficient (Wildman–Crippen LogP) is 14.4. The standard InChI is InChI=1S/C57H42N3S/c1-3-49-45-24-13-12-23-44(45)46-32-29-40-30-33-48-47-25-14-15-28-52(47)61-56(48)53(40)57-59(36(2)35-50(46)58-49)55-43-22-11-10-21-39(43)31-34-51(55)60(57)54-41(37-17-6-4-7-18-37)26-16-27-42(54)38-19-8-5-9-20-38/h3-28,30-31,33-34,46,50H,1-2,29,32,35H2/q+1. The summed E-state index contributed by atoms with van der Waals surface area (Å²) in [4.78, 5) is 5.53. The number of rotatable bonds is 4. The number of thiophene rings is 1. The second-order valence-electron chi connectivity index (χ2n) is 16.4. The fraction of sp³-hybridized carbons (Fsp3) is 0.0877. The third kappa shape index (κ3) is 5.56. The van der Waals surface area contributed by atoms with Gasteiger partial charge in [0.1, 0.15) is 11.4 Å². The molecule has 0 aliphatic carbocycles. The van der Waals surface area contributed by atoms with Gasteiger partial charge in [0.25, 0.3) is 0 Å². The Morgan fingerprint density at radius 1 is 0.639 bits per heavy atom. The first kappa shape index (κ1) is 35.8. The van der Waals surface area contributed by atoms with E-state index in [2.05, 4.69) is 192 Å². The van der Waals surface area contributed by atoms with Gasteiger partial charge < -0.3 is 0 Å². The van der Waals surface area contributed by atoms with E-state index in [1.807, 2.05) is 17.4 Å². The summed E-state index contributed by atoms with van der Waals surface area (Å²) in [5, 5.41) is 4.98. The predicted molar refractivity (Wildman–Crippen MR) is 258 cm³/mol. The minimum Gasteiger partial charge on any atom is -0.280 e. The molecule has 0 amide bonds. The maximum absolute atomic E-state index is 5.53. The number of aryl methyl sites for hydroxylation is 1. The zero-order valence-electron chi connectivity index (χ0n) is 33.8. The molecule has 0 bridgehead atoms. The van der Waals surface area contributed by atoms with Gasteiger partial charge in [0.2, 0.25) is 0 Å². The van der Waals surface area contributed by atoms with E-state index in [9.17, 15) is 0 Å². The molecule has 0 saturated heterocycles. The van der Waals surface area contributed by atoms with Crippen molar-refractivity contribution in [2.24, 2.45) is 4.99 Å². The van der Waals surface area contributed by atoms with Crippen molar-refractivity contribution in [2.75, 3.05) is 0 Å². The van der Waals surface area contributed by atoms with Crippen LogP contribution in [-0.2, 0) is 6.42 Å². The molecular weight excluding hydrogens is 759 g/mol. The van der Waals surface area contributed by atoms with Crippen LogP contribution < -0.4 is 4.57 Å². The van der Waals surface area contributed by atoms with Crippen LogP contribution in [0.4, 0.5) is 0 Å². The van der Waals surface area contributed by atoms with Crippen LogP contribution in [0.1, 0.15) is 35.4 Å². The van der Waals surface area contributed by atoms with E-state index in [1.54, 1.807) is 0 Å². The van der Waals surface area contributed by atoms with Crippen LogP contribution in [0, 0.1) is 0 Å². The van der Waals surface area contributed by atoms with Crippen molar-refractivity contribution in [3.63, 3.8) is 0 Å². The van der Waals surface area contributed by atoms with Gasteiger partial charge in [-0.25, -0.2) is 0 Å². The smallest absolute Gasteiger partial charge is 0.280 e. The first-order valence-corrected chi connectivity index (χ1v) is 22.1. The number of hydrogen-bond donors (Lipinski definition) is 0. The monoisotopic (exact) mass is 800 g/mol. The highest BCUT2D eigenvalue weighted by Crippen LogP contribution is 2.48. The van der Waals surface area contributed by atoms with Crippen molar-refractivity contribution in [1.29, 1.82) is 0 Å². The van der Waals surface area contributed by atoms with Crippen molar-refractivity contribution < 1.29 is 4.57 Å². The first-order chi connectivity index (χ1) is 30.2. The molecule has 2 aliphatic rings.